The molecular weight excluding hydrogens is 188 g/mol. The van der Waals surface area contributed by atoms with Crippen LogP contribution in [0.5, 0.6) is 0 Å². The summed E-state index contributed by atoms with van der Waals surface area (Å²) < 4.78 is 0. The molecule has 0 saturated carbocycles. The predicted molar refractivity (Wildman–Crippen MR) is 48.0 cm³/mol. The van der Waals surface area contributed by atoms with E-state index in [-0.39, 0.29) is 11.8 Å². The minimum Gasteiger partial charge on any atom is -0.481 e. The molecule has 2 aliphatic rings. The molecule has 0 spiro atoms. The number of aliphatic carboxylic acids is 2. The summed E-state index contributed by atoms with van der Waals surface area (Å²) in [5, 5.41) is 22.1. The van der Waals surface area contributed by atoms with Crippen molar-refractivity contribution in [3.63, 3.8) is 0 Å². The molecule has 0 atom stereocenters. The monoisotopic (exact) mass is 202 g/mol. The highest BCUT2D eigenvalue weighted by Crippen LogP contribution is 2.00. The molecule has 0 radical (unpaired) electrons. The highest BCUT2D eigenvalue weighted by atomic mass is 16.4. The van der Waals surface area contributed by atoms with Crippen LogP contribution in [0.25, 0.3) is 0 Å². The van der Waals surface area contributed by atoms with Crippen LogP contribution in [-0.4, -0.2) is 48.3 Å². The second kappa shape index (κ2) is 4.92. The molecule has 4 N–H and O–H groups in total. The largest absolute Gasteiger partial charge is 0.481 e. The smallest absolute Gasteiger partial charge is 0.309 e. The summed E-state index contributed by atoms with van der Waals surface area (Å²) >= 11 is 0. The van der Waals surface area contributed by atoms with E-state index in [0.717, 1.165) is 0 Å². The van der Waals surface area contributed by atoms with Gasteiger partial charge in [-0.1, -0.05) is 0 Å². The number of hydrogen-bond acceptors (Lipinski definition) is 4. The third-order valence-corrected chi connectivity index (χ3v) is 2.26. The molecule has 0 unspecified atom stereocenters. The second-order valence-corrected chi connectivity index (χ2v) is 3.39. The summed E-state index contributed by atoms with van der Waals surface area (Å²) in [7, 11) is 0. The molecule has 2 heterocycles. The van der Waals surface area contributed by atoms with E-state index in [2.05, 4.69) is 10.6 Å². The van der Waals surface area contributed by atoms with Crippen LogP contribution in [0, 0.1) is 11.8 Å². The molecule has 80 valence electrons. The van der Waals surface area contributed by atoms with E-state index in [4.69, 9.17) is 10.2 Å². The van der Waals surface area contributed by atoms with Gasteiger partial charge in [-0.2, -0.15) is 0 Å². The molecule has 2 fully saturated rings. The summed E-state index contributed by atoms with van der Waals surface area (Å²) in [6.45, 7) is 2.59. The van der Waals surface area contributed by atoms with Gasteiger partial charge in [0.05, 0.1) is 11.8 Å². The minimum atomic E-state index is -0.682. The molecular formula is C8H14N2O4. The van der Waals surface area contributed by atoms with Gasteiger partial charge in [0.25, 0.3) is 0 Å². The Morgan fingerprint density at radius 3 is 1.14 bits per heavy atom. The molecule has 6 heteroatoms. The number of hydrogen-bond donors (Lipinski definition) is 4. The Bertz CT molecular complexity index is 199. The Hall–Kier alpha value is -1.14. The average molecular weight is 202 g/mol. The molecule has 0 aromatic heterocycles. The maximum Gasteiger partial charge on any atom is 0.309 e. The van der Waals surface area contributed by atoms with Gasteiger partial charge in [-0.05, 0) is 0 Å². The van der Waals surface area contributed by atoms with Crippen molar-refractivity contribution < 1.29 is 19.8 Å². The lowest BCUT2D eigenvalue weighted by Gasteiger charge is -2.21. The van der Waals surface area contributed by atoms with E-state index in [1.807, 2.05) is 0 Å². The zero-order valence-corrected chi connectivity index (χ0v) is 7.69. The first-order valence-corrected chi connectivity index (χ1v) is 4.48. The van der Waals surface area contributed by atoms with Gasteiger partial charge in [0.2, 0.25) is 0 Å². The van der Waals surface area contributed by atoms with Gasteiger partial charge in [-0.25, -0.2) is 0 Å². The second-order valence-electron chi connectivity index (χ2n) is 3.39. The number of rotatable bonds is 2. The molecule has 2 rings (SSSR count). The fourth-order valence-electron chi connectivity index (χ4n) is 0.927. The molecule has 0 bridgehead atoms. The van der Waals surface area contributed by atoms with Crippen LogP contribution < -0.4 is 10.6 Å². The van der Waals surface area contributed by atoms with Crippen molar-refractivity contribution in [3.05, 3.63) is 0 Å². The summed E-state index contributed by atoms with van der Waals surface area (Å²) in [4.78, 5) is 19.9. The van der Waals surface area contributed by atoms with E-state index in [1.54, 1.807) is 0 Å². The average Bonchev–Trinajstić information content (AvgIpc) is 1.74. The van der Waals surface area contributed by atoms with Gasteiger partial charge < -0.3 is 20.8 Å². The number of carbonyl (C=O) groups is 2. The van der Waals surface area contributed by atoms with Crippen molar-refractivity contribution in [1.29, 1.82) is 0 Å². The maximum atomic E-state index is 9.94. The van der Waals surface area contributed by atoms with E-state index in [1.165, 1.54) is 0 Å². The fourth-order valence-corrected chi connectivity index (χ4v) is 0.927. The van der Waals surface area contributed by atoms with E-state index in [9.17, 15) is 9.59 Å². The zero-order valence-electron chi connectivity index (χ0n) is 7.69. The number of nitrogens with one attached hydrogen (secondary N) is 2. The molecule has 0 aromatic rings. The summed E-state index contributed by atoms with van der Waals surface area (Å²) in [6, 6.07) is 0. The molecule has 2 saturated heterocycles. The van der Waals surface area contributed by atoms with Crippen LogP contribution in [0.3, 0.4) is 0 Å². The van der Waals surface area contributed by atoms with Crippen molar-refractivity contribution in [2.45, 2.75) is 0 Å². The van der Waals surface area contributed by atoms with Crippen LogP contribution in [-0.2, 0) is 9.59 Å². The molecule has 0 amide bonds. The Balaban J connectivity index is 0.000000140. The summed E-state index contributed by atoms with van der Waals surface area (Å²) in [6.07, 6.45) is 0. The van der Waals surface area contributed by atoms with Gasteiger partial charge in [0.15, 0.2) is 0 Å². The Kier molecular flexibility index (Phi) is 3.84. The summed E-state index contributed by atoms with van der Waals surface area (Å²) in [5.74, 6) is -1.59. The number of carboxylic acid groups (broad SMARTS) is 2. The van der Waals surface area contributed by atoms with Gasteiger partial charge >= 0.3 is 11.9 Å². The van der Waals surface area contributed by atoms with Crippen molar-refractivity contribution in [1.82, 2.24) is 10.6 Å². The first-order chi connectivity index (χ1) is 6.61. The van der Waals surface area contributed by atoms with Crippen LogP contribution in [0.1, 0.15) is 0 Å². The first kappa shape index (κ1) is 10.9. The van der Waals surface area contributed by atoms with Crippen molar-refractivity contribution in [2.75, 3.05) is 26.2 Å². The van der Waals surface area contributed by atoms with Gasteiger partial charge in [-0.3, -0.25) is 9.59 Å². The molecule has 14 heavy (non-hydrogen) atoms. The van der Waals surface area contributed by atoms with Crippen LogP contribution in [0.2, 0.25) is 0 Å². The van der Waals surface area contributed by atoms with E-state index < -0.39 is 11.9 Å². The van der Waals surface area contributed by atoms with Gasteiger partial charge in [0.1, 0.15) is 0 Å². The lowest BCUT2D eigenvalue weighted by molar-refractivity contribution is -0.144. The minimum absolute atomic E-state index is 0.111. The number of carboxylic acids is 2. The Labute approximate surface area is 81.3 Å². The predicted octanol–water partition coefficient (Wildman–Crippen LogP) is -1.42. The normalized spacial score (nSPS) is 21.1. The lowest BCUT2D eigenvalue weighted by Crippen LogP contribution is -2.46. The molecule has 0 aliphatic carbocycles. The quantitative estimate of drug-likeness (QED) is 0.438. The van der Waals surface area contributed by atoms with E-state index >= 15 is 0 Å². The molecule has 0 aromatic carbocycles. The Morgan fingerprint density at radius 2 is 1.14 bits per heavy atom. The SMILES string of the molecule is O=C(O)C1CNC1.O=C(O)C1CNC1. The van der Waals surface area contributed by atoms with Gasteiger partial charge in [-0.15, -0.1) is 0 Å². The third kappa shape index (κ3) is 2.97. The van der Waals surface area contributed by atoms with Gasteiger partial charge in [0, 0.05) is 26.2 Å². The van der Waals surface area contributed by atoms with Crippen molar-refractivity contribution in [3.8, 4) is 0 Å². The summed E-state index contributed by atoms with van der Waals surface area (Å²) in [5.41, 5.74) is 0. The lowest BCUT2D eigenvalue weighted by atomic mass is 10.1. The molecule has 2 aliphatic heterocycles. The maximum absolute atomic E-state index is 9.94. The standard InChI is InChI=1S/2C4H7NO2/c2*6-4(7)3-1-5-2-3/h2*3,5H,1-2H2,(H,6,7). The van der Waals surface area contributed by atoms with Crippen LogP contribution >= 0.6 is 0 Å². The zero-order chi connectivity index (χ0) is 10.6. The fraction of sp³-hybridized carbons (Fsp3) is 0.750. The van der Waals surface area contributed by atoms with Crippen LogP contribution in [0.15, 0.2) is 0 Å². The Morgan fingerprint density at radius 1 is 0.857 bits per heavy atom. The van der Waals surface area contributed by atoms with E-state index in [0.29, 0.717) is 26.2 Å². The first-order valence-electron chi connectivity index (χ1n) is 4.48. The van der Waals surface area contributed by atoms with Crippen molar-refractivity contribution >= 4 is 11.9 Å². The van der Waals surface area contributed by atoms with Crippen LogP contribution in [0.4, 0.5) is 0 Å². The highest BCUT2D eigenvalue weighted by molar-refractivity contribution is 5.71. The van der Waals surface area contributed by atoms with Crippen molar-refractivity contribution in [2.24, 2.45) is 11.8 Å². The molecule has 6 nitrogen and oxygen atoms in total. The third-order valence-electron chi connectivity index (χ3n) is 2.26. The topological polar surface area (TPSA) is 98.7 Å². The highest BCUT2D eigenvalue weighted by Gasteiger charge is 2.23.